The van der Waals surface area contributed by atoms with E-state index in [9.17, 15) is 4.79 Å². The van der Waals surface area contributed by atoms with Crippen molar-refractivity contribution in [3.05, 3.63) is 21.9 Å². The van der Waals surface area contributed by atoms with E-state index >= 15 is 0 Å². The summed E-state index contributed by atoms with van der Waals surface area (Å²) in [7, 11) is 0. The zero-order valence-electron chi connectivity index (χ0n) is 9.26. The molecule has 1 aromatic rings. The van der Waals surface area contributed by atoms with Gasteiger partial charge in [-0.25, -0.2) is 4.98 Å². The summed E-state index contributed by atoms with van der Waals surface area (Å²) in [4.78, 5) is 15.5. The Morgan fingerprint density at radius 2 is 2.31 bits per heavy atom. The molecule has 1 rings (SSSR count). The van der Waals surface area contributed by atoms with Gasteiger partial charge in [-0.1, -0.05) is 25.4 Å². The lowest BCUT2D eigenvalue weighted by molar-refractivity contribution is -0.116. The van der Waals surface area contributed by atoms with Crippen molar-refractivity contribution in [1.82, 2.24) is 4.98 Å². The summed E-state index contributed by atoms with van der Waals surface area (Å²) in [6.07, 6.45) is 2.96. The second-order valence-electron chi connectivity index (χ2n) is 3.97. The van der Waals surface area contributed by atoms with Gasteiger partial charge in [0.15, 0.2) is 5.15 Å². The number of hydrogen-bond acceptors (Lipinski definition) is 2. The van der Waals surface area contributed by atoms with Crippen molar-refractivity contribution in [3.63, 3.8) is 0 Å². The molecule has 0 aliphatic heterocycles. The first-order chi connectivity index (χ1) is 7.49. The SMILES string of the molecule is CC(C)CCC(=O)Nc1cc(Br)cnc1Cl. The lowest BCUT2D eigenvalue weighted by Gasteiger charge is -2.08. The summed E-state index contributed by atoms with van der Waals surface area (Å²) >= 11 is 9.13. The molecule has 0 aliphatic rings. The molecule has 16 heavy (non-hydrogen) atoms. The van der Waals surface area contributed by atoms with Gasteiger partial charge in [-0.2, -0.15) is 0 Å². The summed E-state index contributed by atoms with van der Waals surface area (Å²) in [5.41, 5.74) is 0.546. The average Bonchev–Trinajstić information content (AvgIpc) is 2.20. The highest BCUT2D eigenvalue weighted by molar-refractivity contribution is 9.10. The highest BCUT2D eigenvalue weighted by atomic mass is 79.9. The maximum atomic E-state index is 11.6. The first-order valence-corrected chi connectivity index (χ1v) is 6.27. The van der Waals surface area contributed by atoms with Crippen LogP contribution in [0.2, 0.25) is 5.15 Å². The third kappa shape index (κ3) is 4.49. The average molecular weight is 306 g/mol. The topological polar surface area (TPSA) is 42.0 Å². The second-order valence-corrected chi connectivity index (χ2v) is 5.25. The second kappa shape index (κ2) is 6.21. The Bertz CT molecular complexity index is 382. The van der Waals surface area contributed by atoms with Gasteiger partial charge in [0.25, 0.3) is 0 Å². The molecule has 88 valence electrons. The molecular weight excluding hydrogens is 291 g/mol. The molecule has 0 aliphatic carbocycles. The van der Waals surface area contributed by atoms with Gasteiger partial charge >= 0.3 is 0 Å². The zero-order valence-corrected chi connectivity index (χ0v) is 11.6. The number of carbonyl (C=O) groups excluding carboxylic acids is 1. The Morgan fingerprint density at radius 1 is 1.62 bits per heavy atom. The van der Waals surface area contributed by atoms with Crippen molar-refractivity contribution in [2.24, 2.45) is 5.92 Å². The summed E-state index contributed by atoms with van der Waals surface area (Å²) < 4.78 is 0.788. The standard InChI is InChI=1S/C11H14BrClN2O/c1-7(2)3-4-10(16)15-9-5-8(12)6-14-11(9)13/h5-7H,3-4H2,1-2H3,(H,15,16). The van der Waals surface area contributed by atoms with Crippen molar-refractivity contribution in [1.29, 1.82) is 0 Å². The normalized spacial score (nSPS) is 10.6. The van der Waals surface area contributed by atoms with E-state index < -0.39 is 0 Å². The van der Waals surface area contributed by atoms with Gasteiger partial charge in [0.05, 0.1) is 5.69 Å². The fourth-order valence-corrected chi connectivity index (χ4v) is 1.62. The van der Waals surface area contributed by atoms with Crippen LogP contribution < -0.4 is 5.32 Å². The Kier molecular flexibility index (Phi) is 5.22. The molecule has 1 heterocycles. The minimum Gasteiger partial charge on any atom is -0.323 e. The van der Waals surface area contributed by atoms with Crippen LogP contribution in [0.15, 0.2) is 16.7 Å². The van der Waals surface area contributed by atoms with E-state index in [0.29, 0.717) is 23.2 Å². The van der Waals surface area contributed by atoms with Crippen LogP contribution in [0.25, 0.3) is 0 Å². The van der Waals surface area contributed by atoms with Gasteiger partial charge in [0.2, 0.25) is 5.91 Å². The van der Waals surface area contributed by atoms with Crippen molar-refractivity contribution in [2.45, 2.75) is 26.7 Å². The van der Waals surface area contributed by atoms with Gasteiger partial charge in [-0.05, 0) is 34.3 Å². The van der Waals surface area contributed by atoms with Crippen molar-refractivity contribution in [2.75, 3.05) is 5.32 Å². The molecule has 1 aromatic heterocycles. The van der Waals surface area contributed by atoms with E-state index in [-0.39, 0.29) is 5.91 Å². The van der Waals surface area contributed by atoms with E-state index in [0.717, 1.165) is 10.9 Å². The van der Waals surface area contributed by atoms with Gasteiger partial charge in [-0.15, -0.1) is 0 Å². The lowest BCUT2D eigenvalue weighted by Crippen LogP contribution is -2.12. The fourth-order valence-electron chi connectivity index (χ4n) is 1.14. The molecular formula is C11H14BrClN2O. The van der Waals surface area contributed by atoms with E-state index in [4.69, 9.17) is 11.6 Å². The first kappa shape index (κ1) is 13.5. The molecule has 1 amide bonds. The van der Waals surface area contributed by atoms with E-state index in [1.165, 1.54) is 0 Å². The third-order valence-corrected chi connectivity index (χ3v) is 2.76. The predicted molar refractivity (Wildman–Crippen MR) is 69.6 cm³/mol. The third-order valence-electron chi connectivity index (χ3n) is 2.03. The number of amides is 1. The van der Waals surface area contributed by atoms with Crippen molar-refractivity contribution in [3.8, 4) is 0 Å². The van der Waals surface area contributed by atoms with E-state index in [2.05, 4.69) is 40.1 Å². The quantitative estimate of drug-likeness (QED) is 0.858. The number of aromatic nitrogens is 1. The van der Waals surface area contributed by atoms with Gasteiger partial charge in [-0.3, -0.25) is 4.79 Å². The highest BCUT2D eigenvalue weighted by Gasteiger charge is 2.08. The van der Waals surface area contributed by atoms with Crippen LogP contribution >= 0.6 is 27.5 Å². The molecule has 5 heteroatoms. The zero-order chi connectivity index (χ0) is 12.1. The van der Waals surface area contributed by atoms with Crippen molar-refractivity contribution < 1.29 is 4.79 Å². The number of hydrogen-bond donors (Lipinski definition) is 1. The summed E-state index contributed by atoms with van der Waals surface area (Å²) in [6.45, 7) is 4.17. The number of pyridine rings is 1. The molecule has 0 saturated heterocycles. The largest absolute Gasteiger partial charge is 0.323 e. The maximum Gasteiger partial charge on any atom is 0.224 e. The summed E-state index contributed by atoms with van der Waals surface area (Å²) in [6, 6.07) is 1.74. The van der Waals surface area contributed by atoms with E-state index in [1.54, 1.807) is 12.3 Å². The number of carbonyl (C=O) groups is 1. The number of nitrogens with one attached hydrogen (secondary N) is 1. The van der Waals surface area contributed by atoms with Gasteiger partial charge in [0.1, 0.15) is 0 Å². The summed E-state index contributed by atoms with van der Waals surface area (Å²) in [5.74, 6) is 0.484. The molecule has 0 radical (unpaired) electrons. The molecule has 0 saturated carbocycles. The first-order valence-electron chi connectivity index (χ1n) is 5.10. The number of anilines is 1. The smallest absolute Gasteiger partial charge is 0.224 e. The van der Waals surface area contributed by atoms with Gasteiger partial charge < -0.3 is 5.32 Å². The molecule has 0 spiro atoms. The monoisotopic (exact) mass is 304 g/mol. The minimum atomic E-state index is -0.0319. The molecule has 1 N–H and O–H groups in total. The lowest BCUT2D eigenvalue weighted by atomic mass is 10.1. The maximum absolute atomic E-state index is 11.6. The molecule has 0 fully saturated rings. The van der Waals surface area contributed by atoms with Crippen LogP contribution in [0.1, 0.15) is 26.7 Å². The van der Waals surface area contributed by atoms with E-state index in [1.807, 2.05) is 0 Å². The fraction of sp³-hybridized carbons (Fsp3) is 0.455. The number of halogens is 2. The van der Waals surface area contributed by atoms with Crippen LogP contribution in [0, 0.1) is 5.92 Å². The Morgan fingerprint density at radius 3 is 2.94 bits per heavy atom. The Balaban J connectivity index is 2.59. The number of rotatable bonds is 4. The van der Waals surface area contributed by atoms with Crippen molar-refractivity contribution >= 4 is 39.1 Å². The Hall–Kier alpha value is -0.610. The predicted octanol–water partition coefficient (Wildman–Crippen LogP) is 3.87. The molecule has 0 aromatic carbocycles. The van der Waals surface area contributed by atoms with Crippen LogP contribution in [0.4, 0.5) is 5.69 Å². The van der Waals surface area contributed by atoms with Crippen LogP contribution in [0.5, 0.6) is 0 Å². The Labute approximate surface area is 109 Å². The molecule has 0 bridgehead atoms. The highest BCUT2D eigenvalue weighted by Crippen LogP contribution is 2.23. The van der Waals surface area contributed by atoms with Crippen LogP contribution in [0.3, 0.4) is 0 Å². The van der Waals surface area contributed by atoms with Crippen LogP contribution in [-0.2, 0) is 4.79 Å². The van der Waals surface area contributed by atoms with Crippen LogP contribution in [-0.4, -0.2) is 10.9 Å². The van der Waals surface area contributed by atoms with Gasteiger partial charge in [0, 0.05) is 17.1 Å². The molecule has 0 unspecified atom stereocenters. The molecule has 3 nitrogen and oxygen atoms in total. The molecule has 0 atom stereocenters. The minimum absolute atomic E-state index is 0.0319. The number of nitrogens with zero attached hydrogens (tertiary/aromatic N) is 1. The summed E-state index contributed by atoms with van der Waals surface area (Å²) in [5, 5.41) is 3.05.